The summed E-state index contributed by atoms with van der Waals surface area (Å²) >= 11 is 1.34. The van der Waals surface area contributed by atoms with Crippen molar-refractivity contribution in [1.29, 1.82) is 0 Å². The molecular formula is C37H37F2N7O7S3. The van der Waals surface area contributed by atoms with Gasteiger partial charge in [-0.3, -0.25) is 14.4 Å². The lowest BCUT2D eigenvalue weighted by Crippen LogP contribution is -2.44. The maximum atomic E-state index is 14.6. The first-order chi connectivity index (χ1) is 26.6. The smallest absolute Gasteiger partial charge is 0.283 e. The Labute approximate surface area is 326 Å². The molecule has 3 aromatic heterocycles. The third-order valence-electron chi connectivity index (χ3n) is 9.20. The van der Waals surface area contributed by atoms with Gasteiger partial charge in [0.15, 0.2) is 0 Å². The summed E-state index contributed by atoms with van der Waals surface area (Å²) in [5.74, 6) is -2.77. The van der Waals surface area contributed by atoms with Crippen LogP contribution in [0.2, 0.25) is 0 Å². The van der Waals surface area contributed by atoms with Crippen molar-refractivity contribution in [3.05, 3.63) is 100 Å². The van der Waals surface area contributed by atoms with Crippen molar-refractivity contribution in [2.45, 2.75) is 56.1 Å². The molecule has 1 unspecified atom stereocenters. The summed E-state index contributed by atoms with van der Waals surface area (Å²) in [4.78, 5) is 24.8. The number of allylic oxidation sites excluding steroid dienone is 3. The summed E-state index contributed by atoms with van der Waals surface area (Å²) < 4.78 is 97.1. The Morgan fingerprint density at radius 2 is 1.73 bits per heavy atom. The van der Waals surface area contributed by atoms with Crippen molar-refractivity contribution in [1.82, 2.24) is 24.1 Å². The number of benzene rings is 2. The number of amides is 1. The fraction of sp³-hybridized carbons (Fsp3) is 0.297. The number of aryl methyl sites for hydroxylation is 1. The number of carbonyl (C=O) groups is 1. The molecule has 1 amide bonds. The number of hydrogen-bond acceptors (Lipinski definition) is 12. The predicted molar refractivity (Wildman–Crippen MR) is 208 cm³/mol. The monoisotopic (exact) mass is 825 g/mol. The van der Waals surface area contributed by atoms with Gasteiger partial charge in [-0.15, -0.1) is 11.3 Å². The Bertz CT molecular complexity index is 2600. The quantitative estimate of drug-likeness (QED) is 0.155. The van der Waals surface area contributed by atoms with Gasteiger partial charge in [0.05, 0.1) is 48.2 Å². The number of halogens is 2. The highest BCUT2D eigenvalue weighted by molar-refractivity contribution is 7.93. The number of methoxy groups -OCH3 is 1. The molecule has 1 aliphatic heterocycles. The van der Waals surface area contributed by atoms with Gasteiger partial charge in [-0.05, 0) is 69.2 Å². The van der Waals surface area contributed by atoms with E-state index in [1.807, 2.05) is 20.8 Å². The van der Waals surface area contributed by atoms with Crippen LogP contribution in [0.5, 0.6) is 5.88 Å². The molecule has 2 aromatic carbocycles. The number of fused-ring (bicyclic) bond motifs is 1. The summed E-state index contributed by atoms with van der Waals surface area (Å²) in [6.45, 7) is 7.82. The van der Waals surface area contributed by atoms with E-state index in [9.17, 15) is 30.4 Å². The maximum Gasteiger partial charge on any atom is 0.283 e. The molecule has 0 spiro atoms. The van der Waals surface area contributed by atoms with E-state index in [4.69, 9.17) is 9.47 Å². The molecule has 7 rings (SSSR count). The average Bonchev–Trinajstić information content (AvgIpc) is 3.79. The van der Waals surface area contributed by atoms with Gasteiger partial charge >= 0.3 is 0 Å². The number of carbonyl (C=O) groups excluding carboxylic acids is 1. The van der Waals surface area contributed by atoms with Gasteiger partial charge in [0.1, 0.15) is 33.3 Å². The Morgan fingerprint density at radius 1 is 1.02 bits per heavy atom. The number of morpholine rings is 1. The topological polar surface area (TPSA) is 175 Å². The molecule has 56 heavy (non-hydrogen) atoms. The minimum absolute atomic E-state index is 0.0234. The van der Waals surface area contributed by atoms with Crippen molar-refractivity contribution in [3.63, 3.8) is 0 Å². The summed E-state index contributed by atoms with van der Waals surface area (Å²) in [7, 11) is -7.47. The SMILES string of the molecule is COc1ncc(-c2cc(NC(=O)c3csc(CN4C[C@@H](C)O[C@@H](C)C4)n3)c3cnn(S(=O)(=O)c4ccc(C)cc4)c3c2)cc1NS(=O)(=O)C1CC=C(F)C=C1F. The summed E-state index contributed by atoms with van der Waals surface area (Å²) in [5, 5.41) is 8.05. The Morgan fingerprint density at radius 3 is 2.43 bits per heavy atom. The van der Waals surface area contributed by atoms with Crippen LogP contribution in [0.3, 0.4) is 0 Å². The molecule has 0 radical (unpaired) electrons. The number of sulfonamides is 1. The van der Waals surface area contributed by atoms with Gasteiger partial charge in [0.25, 0.3) is 15.9 Å². The maximum absolute atomic E-state index is 14.6. The van der Waals surface area contributed by atoms with E-state index < -0.39 is 49.3 Å². The number of ether oxygens (including phenoxy) is 2. The van der Waals surface area contributed by atoms with Gasteiger partial charge < -0.3 is 14.8 Å². The third kappa shape index (κ3) is 8.08. The third-order valence-corrected chi connectivity index (χ3v) is 13.3. The van der Waals surface area contributed by atoms with E-state index in [-0.39, 0.29) is 56.5 Å². The van der Waals surface area contributed by atoms with Crippen LogP contribution in [-0.2, 0) is 31.3 Å². The summed E-state index contributed by atoms with van der Waals surface area (Å²) in [5.41, 5.74) is 1.67. The van der Waals surface area contributed by atoms with Crippen LogP contribution in [0.25, 0.3) is 22.0 Å². The zero-order chi connectivity index (χ0) is 39.9. The number of aromatic nitrogens is 4. The summed E-state index contributed by atoms with van der Waals surface area (Å²) in [6.07, 6.45) is 3.84. The Balaban J connectivity index is 1.27. The van der Waals surface area contributed by atoms with Crippen molar-refractivity contribution in [2.24, 2.45) is 0 Å². The molecule has 2 aliphatic rings. The van der Waals surface area contributed by atoms with Crippen molar-refractivity contribution in [2.75, 3.05) is 30.2 Å². The van der Waals surface area contributed by atoms with E-state index >= 15 is 0 Å². The van der Waals surface area contributed by atoms with Gasteiger partial charge in [-0.1, -0.05) is 17.7 Å². The highest BCUT2D eigenvalue weighted by atomic mass is 32.2. The van der Waals surface area contributed by atoms with Crippen LogP contribution in [0, 0.1) is 6.92 Å². The molecule has 1 aliphatic carbocycles. The number of thiazole rings is 1. The zero-order valence-electron chi connectivity index (χ0n) is 30.6. The minimum atomic E-state index is -4.48. The molecule has 14 nitrogen and oxygen atoms in total. The molecule has 19 heteroatoms. The van der Waals surface area contributed by atoms with E-state index in [1.165, 1.54) is 55.1 Å². The first-order valence-corrected chi connectivity index (χ1v) is 21.2. The van der Waals surface area contributed by atoms with E-state index in [2.05, 4.69) is 30.0 Å². The lowest BCUT2D eigenvalue weighted by Gasteiger charge is -2.34. The van der Waals surface area contributed by atoms with E-state index in [0.717, 1.165) is 33.8 Å². The number of nitrogens with one attached hydrogen (secondary N) is 2. The second-order valence-corrected chi connectivity index (χ2v) is 18.1. The van der Waals surface area contributed by atoms with Crippen LogP contribution in [0.4, 0.5) is 20.2 Å². The predicted octanol–water partition coefficient (Wildman–Crippen LogP) is 6.19. The first kappa shape index (κ1) is 39.2. The fourth-order valence-electron chi connectivity index (χ4n) is 6.62. The molecule has 3 atom stereocenters. The molecule has 294 valence electrons. The van der Waals surface area contributed by atoms with Crippen LogP contribution >= 0.6 is 11.3 Å². The number of rotatable bonds is 11. The molecule has 4 heterocycles. The molecule has 0 bridgehead atoms. The molecule has 0 saturated carbocycles. The number of hydrogen-bond donors (Lipinski definition) is 2. The van der Waals surface area contributed by atoms with Gasteiger partial charge in [0.2, 0.25) is 15.9 Å². The van der Waals surface area contributed by atoms with Gasteiger partial charge in [0, 0.05) is 41.7 Å². The van der Waals surface area contributed by atoms with Crippen molar-refractivity contribution >= 4 is 59.6 Å². The zero-order valence-corrected chi connectivity index (χ0v) is 33.0. The van der Waals surface area contributed by atoms with E-state index in [1.54, 1.807) is 23.6 Å². The van der Waals surface area contributed by atoms with Crippen LogP contribution < -0.4 is 14.8 Å². The van der Waals surface area contributed by atoms with Crippen molar-refractivity contribution in [3.8, 4) is 17.0 Å². The largest absolute Gasteiger partial charge is 0.480 e. The van der Waals surface area contributed by atoms with E-state index in [0.29, 0.717) is 18.2 Å². The lowest BCUT2D eigenvalue weighted by molar-refractivity contribution is -0.0705. The Hall–Kier alpha value is -5.08. The highest BCUT2D eigenvalue weighted by Gasteiger charge is 2.33. The minimum Gasteiger partial charge on any atom is -0.480 e. The second-order valence-electron chi connectivity index (χ2n) is 13.6. The molecule has 1 saturated heterocycles. The van der Waals surface area contributed by atoms with Gasteiger partial charge in [-0.25, -0.2) is 27.2 Å². The number of anilines is 2. The van der Waals surface area contributed by atoms with Crippen LogP contribution in [-0.4, -0.2) is 84.5 Å². The van der Waals surface area contributed by atoms with Crippen LogP contribution in [0.1, 0.15) is 41.3 Å². The molecule has 1 fully saturated rings. The second kappa shape index (κ2) is 15.5. The fourth-order valence-corrected chi connectivity index (χ4v) is 10.0. The number of pyridine rings is 1. The molecular weight excluding hydrogens is 789 g/mol. The lowest BCUT2D eigenvalue weighted by atomic mass is 10.0. The Kier molecular flexibility index (Phi) is 10.8. The molecule has 5 aromatic rings. The van der Waals surface area contributed by atoms with Gasteiger partial charge in [-0.2, -0.15) is 17.6 Å². The number of nitrogens with zero attached hydrogens (tertiary/aromatic N) is 5. The van der Waals surface area contributed by atoms with Crippen molar-refractivity contribution < 1.29 is 39.9 Å². The highest BCUT2D eigenvalue weighted by Crippen LogP contribution is 2.37. The standard InChI is InChI=1S/C37H37F2N7O7S3/c1-21-5-8-27(9-6-21)56(50,51)46-33-13-24(25-12-31(37(52-4)40-15-25)44-55(48,49)34-10-7-26(38)14-29(34)39)11-30(28(33)16-41-46)43-36(47)32-20-54-35(42-32)19-45-17-22(2)53-23(3)18-45/h5-9,11-16,20,22-23,34,44H,10,17-19H2,1-4H3,(H,43,47)/t22-,23+,34?. The first-order valence-electron chi connectivity index (χ1n) is 17.4. The van der Waals surface area contributed by atoms with Crippen LogP contribution in [0.15, 0.2) is 88.9 Å². The normalized spacial score (nSPS) is 19.4. The molecule has 2 N–H and O–H groups in total. The average molecular weight is 826 g/mol. The summed E-state index contributed by atoms with van der Waals surface area (Å²) in [6, 6.07) is 10.7.